The summed E-state index contributed by atoms with van der Waals surface area (Å²) in [5, 5.41) is 12.5. The van der Waals surface area contributed by atoms with Gasteiger partial charge in [-0.05, 0) is 26.2 Å². The third-order valence-electron chi connectivity index (χ3n) is 3.51. The molecule has 2 unspecified atom stereocenters. The van der Waals surface area contributed by atoms with E-state index in [0.717, 1.165) is 12.8 Å². The fourth-order valence-corrected chi connectivity index (χ4v) is 1.94. The highest BCUT2D eigenvalue weighted by Gasteiger charge is 2.28. The molecule has 6 nitrogen and oxygen atoms in total. The molecule has 0 aromatic heterocycles. The van der Waals surface area contributed by atoms with Crippen molar-refractivity contribution < 1.29 is 14.7 Å². The molecule has 1 rings (SSSR count). The van der Waals surface area contributed by atoms with Crippen molar-refractivity contribution in [1.82, 2.24) is 10.2 Å². The summed E-state index contributed by atoms with van der Waals surface area (Å²) in [6, 6.07) is -0.479. The molecule has 2 atom stereocenters. The molecular weight excluding hydrogens is 234 g/mol. The van der Waals surface area contributed by atoms with Crippen molar-refractivity contribution in [3.63, 3.8) is 0 Å². The molecule has 1 saturated heterocycles. The van der Waals surface area contributed by atoms with Crippen LogP contribution in [0.5, 0.6) is 0 Å². The fourth-order valence-electron chi connectivity index (χ4n) is 1.94. The topological polar surface area (TPSA) is 95.7 Å². The number of piperidine rings is 1. The van der Waals surface area contributed by atoms with Crippen LogP contribution in [0.25, 0.3) is 0 Å². The zero-order chi connectivity index (χ0) is 13.8. The Morgan fingerprint density at radius 2 is 2.22 bits per heavy atom. The lowest BCUT2D eigenvalue weighted by molar-refractivity contribution is -0.127. The monoisotopic (exact) mass is 257 g/mol. The summed E-state index contributed by atoms with van der Waals surface area (Å²) in [5.41, 5.74) is 4.33. The summed E-state index contributed by atoms with van der Waals surface area (Å²) in [6.07, 6.45) is 2.11. The lowest BCUT2D eigenvalue weighted by Gasteiger charge is -2.31. The van der Waals surface area contributed by atoms with E-state index >= 15 is 0 Å². The largest absolute Gasteiger partial charge is 0.388 e. The summed E-state index contributed by atoms with van der Waals surface area (Å²) in [7, 11) is 0. The van der Waals surface area contributed by atoms with Crippen LogP contribution in [-0.4, -0.2) is 47.2 Å². The predicted octanol–water partition coefficient (Wildman–Crippen LogP) is 0.0543. The van der Waals surface area contributed by atoms with Gasteiger partial charge in [-0.3, -0.25) is 4.79 Å². The minimum Gasteiger partial charge on any atom is -0.388 e. The minimum absolute atomic E-state index is 0.116. The number of urea groups is 1. The van der Waals surface area contributed by atoms with Crippen molar-refractivity contribution in [2.75, 3.05) is 19.6 Å². The minimum atomic E-state index is -0.881. The number of carbonyl (C=O) groups is 2. The number of nitrogens with two attached hydrogens (primary N) is 1. The molecule has 104 valence electrons. The average molecular weight is 257 g/mol. The Morgan fingerprint density at radius 3 is 2.78 bits per heavy atom. The molecule has 1 aliphatic rings. The van der Waals surface area contributed by atoms with Crippen LogP contribution in [0.3, 0.4) is 0 Å². The third kappa shape index (κ3) is 4.18. The van der Waals surface area contributed by atoms with E-state index < -0.39 is 11.6 Å². The molecule has 6 heteroatoms. The van der Waals surface area contributed by atoms with Crippen molar-refractivity contribution in [3.8, 4) is 0 Å². The molecule has 1 aliphatic heterocycles. The summed E-state index contributed by atoms with van der Waals surface area (Å²) in [6.45, 7) is 4.77. The van der Waals surface area contributed by atoms with Crippen LogP contribution in [0.1, 0.15) is 33.1 Å². The average Bonchev–Trinajstić information content (AvgIpc) is 2.36. The predicted molar refractivity (Wildman–Crippen MR) is 67.8 cm³/mol. The summed E-state index contributed by atoms with van der Waals surface area (Å²) in [5.74, 6) is -0.339. The van der Waals surface area contributed by atoms with Crippen molar-refractivity contribution in [1.29, 1.82) is 0 Å². The number of hydrogen-bond acceptors (Lipinski definition) is 3. The van der Waals surface area contributed by atoms with Gasteiger partial charge in [-0.25, -0.2) is 4.79 Å². The Labute approximate surface area is 108 Å². The number of aliphatic hydroxyl groups is 1. The smallest absolute Gasteiger partial charge is 0.314 e. The van der Waals surface area contributed by atoms with Crippen LogP contribution in [0.15, 0.2) is 0 Å². The van der Waals surface area contributed by atoms with E-state index in [1.165, 1.54) is 4.90 Å². The van der Waals surface area contributed by atoms with Crippen LogP contribution < -0.4 is 11.1 Å². The maximum absolute atomic E-state index is 11.9. The molecule has 0 spiro atoms. The van der Waals surface area contributed by atoms with Crippen molar-refractivity contribution in [2.45, 2.75) is 38.7 Å². The van der Waals surface area contributed by atoms with Gasteiger partial charge in [0, 0.05) is 19.6 Å². The summed E-state index contributed by atoms with van der Waals surface area (Å²) in [4.78, 5) is 24.5. The Morgan fingerprint density at radius 1 is 1.56 bits per heavy atom. The molecule has 0 radical (unpaired) electrons. The maximum atomic E-state index is 11.9. The van der Waals surface area contributed by atoms with Crippen molar-refractivity contribution >= 4 is 11.9 Å². The quantitative estimate of drug-likeness (QED) is 0.664. The molecule has 0 aromatic carbocycles. The normalized spacial score (nSPS) is 23.3. The first-order chi connectivity index (χ1) is 8.35. The van der Waals surface area contributed by atoms with Crippen LogP contribution in [0.2, 0.25) is 0 Å². The van der Waals surface area contributed by atoms with E-state index in [1.807, 2.05) is 6.92 Å². The van der Waals surface area contributed by atoms with E-state index in [-0.39, 0.29) is 18.4 Å². The number of nitrogens with zero attached hydrogens (tertiary/aromatic N) is 1. The Kier molecular flexibility index (Phi) is 4.95. The van der Waals surface area contributed by atoms with Crippen LogP contribution in [0, 0.1) is 5.92 Å². The van der Waals surface area contributed by atoms with Gasteiger partial charge < -0.3 is 21.1 Å². The highest BCUT2D eigenvalue weighted by molar-refractivity contribution is 5.80. The second kappa shape index (κ2) is 6.04. The Balaban J connectivity index is 2.44. The number of amides is 3. The zero-order valence-corrected chi connectivity index (χ0v) is 11.1. The van der Waals surface area contributed by atoms with E-state index in [1.54, 1.807) is 6.92 Å². The van der Waals surface area contributed by atoms with E-state index in [0.29, 0.717) is 19.5 Å². The van der Waals surface area contributed by atoms with Gasteiger partial charge in [-0.15, -0.1) is 0 Å². The summed E-state index contributed by atoms with van der Waals surface area (Å²) >= 11 is 0. The molecule has 18 heavy (non-hydrogen) atoms. The van der Waals surface area contributed by atoms with Crippen molar-refractivity contribution in [3.05, 3.63) is 0 Å². The van der Waals surface area contributed by atoms with Gasteiger partial charge in [0.1, 0.15) is 0 Å². The molecule has 1 fully saturated rings. The molecule has 3 amide bonds. The molecular formula is C12H23N3O3. The number of primary amides is 1. The molecule has 0 aromatic rings. The molecule has 0 saturated carbocycles. The third-order valence-corrected chi connectivity index (χ3v) is 3.51. The fraction of sp³-hybridized carbons (Fsp3) is 0.833. The van der Waals surface area contributed by atoms with E-state index in [2.05, 4.69) is 5.32 Å². The van der Waals surface area contributed by atoms with Gasteiger partial charge in [0.2, 0.25) is 5.91 Å². The van der Waals surface area contributed by atoms with E-state index in [9.17, 15) is 14.7 Å². The van der Waals surface area contributed by atoms with Crippen LogP contribution >= 0.6 is 0 Å². The maximum Gasteiger partial charge on any atom is 0.314 e. The first-order valence-corrected chi connectivity index (χ1v) is 6.40. The highest BCUT2D eigenvalue weighted by Crippen LogP contribution is 2.16. The molecule has 4 N–H and O–H groups in total. The van der Waals surface area contributed by atoms with Gasteiger partial charge in [0.15, 0.2) is 0 Å². The number of likely N-dealkylation sites (tertiary alicyclic amines) is 1. The number of rotatable bonds is 4. The van der Waals surface area contributed by atoms with Crippen LogP contribution in [0.4, 0.5) is 4.79 Å². The second-order valence-electron chi connectivity index (χ2n) is 5.19. The Bertz CT molecular complexity index is 318. The first kappa shape index (κ1) is 14.8. The standard InChI is InChI=1S/C12H23N3O3/c1-3-12(2,18)8-14-10(16)9-5-4-6-15(7-9)11(13)17/h9,18H,3-8H2,1-2H3,(H2,13,17)(H,14,16). The van der Waals surface area contributed by atoms with Crippen molar-refractivity contribution in [2.24, 2.45) is 11.7 Å². The lowest BCUT2D eigenvalue weighted by Crippen LogP contribution is -2.49. The van der Waals surface area contributed by atoms with Gasteiger partial charge in [0.25, 0.3) is 0 Å². The molecule has 1 heterocycles. The zero-order valence-electron chi connectivity index (χ0n) is 11.1. The van der Waals surface area contributed by atoms with E-state index in [4.69, 9.17) is 5.73 Å². The first-order valence-electron chi connectivity index (χ1n) is 6.40. The van der Waals surface area contributed by atoms with Gasteiger partial charge in [0.05, 0.1) is 11.5 Å². The molecule has 0 aliphatic carbocycles. The molecule has 0 bridgehead atoms. The SMILES string of the molecule is CCC(C)(O)CNC(=O)C1CCCN(C(N)=O)C1. The van der Waals surface area contributed by atoms with Gasteiger partial charge >= 0.3 is 6.03 Å². The number of nitrogens with one attached hydrogen (secondary N) is 1. The number of hydrogen-bond donors (Lipinski definition) is 3. The highest BCUT2D eigenvalue weighted by atomic mass is 16.3. The van der Waals surface area contributed by atoms with Crippen LogP contribution in [-0.2, 0) is 4.79 Å². The number of carbonyl (C=O) groups excluding carboxylic acids is 2. The lowest BCUT2D eigenvalue weighted by atomic mass is 9.96. The second-order valence-corrected chi connectivity index (χ2v) is 5.19. The Hall–Kier alpha value is -1.30. The summed E-state index contributed by atoms with van der Waals surface area (Å²) < 4.78 is 0. The van der Waals surface area contributed by atoms with Gasteiger partial charge in [-0.2, -0.15) is 0 Å². The van der Waals surface area contributed by atoms with Gasteiger partial charge in [-0.1, -0.05) is 6.92 Å².